The number of nitrogens with zero attached hydrogens (tertiary/aromatic N) is 2. The normalized spacial score (nSPS) is 19.4. The van der Waals surface area contributed by atoms with Crippen LogP contribution in [0.1, 0.15) is 13.3 Å². The van der Waals surface area contributed by atoms with Crippen LogP contribution >= 0.6 is 0 Å². The van der Waals surface area contributed by atoms with Gasteiger partial charge < -0.3 is 20.1 Å². The van der Waals surface area contributed by atoms with E-state index in [0.717, 1.165) is 47.6 Å². The van der Waals surface area contributed by atoms with Gasteiger partial charge in [-0.1, -0.05) is 6.92 Å². The zero-order valence-electron chi connectivity index (χ0n) is 12.1. The van der Waals surface area contributed by atoms with Gasteiger partial charge in [-0.05, 0) is 30.0 Å². The average molecular weight is 285 g/mol. The lowest BCUT2D eigenvalue weighted by molar-refractivity contribution is 0.172. The van der Waals surface area contributed by atoms with Crippen LogP contribution in [0.3, 0.4) is 0 Å². The first-order valence-corrected chi connectivity index (χ1v) is 7.41. The van der Waals surface area contributed by atoms with Crippen molar-refractivity contribution in [3.63, 3.8) is 0 Å². The monoisotopic (exact) mass is 285 g/mol. The van der Waals surface area contributed by atoms with Crippen LogP contribution in [-0.4, -0.2) is 36.8 Å². The van der Waals surface area contributed by atoms with Gasteiger partial charge in [0.15, 0.2) is 11.5 Å². The smallest absolute Gasteiger partial charge is 0.162 e. The van der Waals surface area contributed by atoms with Gasteiger partial charge in [-0.15, -0.1) is 0 Å². The first kappa shape index (κ1) is 12.7. The molecule has 1 fully saturated rings. The lowest BCUT2D eigenvalue weighted by atomic mass is 9.88. The number of fused-ring (bicyclic) bond motifs is 2. The molecule has 4 rings (SSSR count). The Morgan fingerprint density at radius 2 is 1.95 bits per heavy atom. The number of pyridine rings is 1. The quantitative estimate of drug-likeness (QED) is 0.913. The zero-order chi connectivity index (χ0) is 14.4. The van der Waals surface area contributed by atoms with Crippen LogP contribution in [0.4, 0.5) is 5.82 Å². The molecule has 0 aliphatic carbocycles. The van der Waals surface area contributed by atoms with E-state index in [0.29, 0.717) is 13.2 Å². The van der Waals surface area contributed by atoms with Crippen LogP contribution in [0, 0.1) is 0 Å². The van der Waals surface area contributed by atoms with E-state index in [2.05, 4.69) is 16.8 Å². The molecule has 0 atom stereocenters. The van der Waals surface area contributed by atoms with Gasteiger partial charge in [-0.25, -0.2) is 4.98 Å². The first-order chi connectivity index (χ1) is 10.2. The van der Waals surface area contributed by atoms with Crippen molar-refractivity contribution in [2.24, 2.45) is 5.73 Å². The highest BCUT2D eigenvalue weighted by atomic mass is 16.6. The molecular weight excluding hydrogens is 266 g/mol. The van der Waals surface area contributed by atoms with Crippen LogP contribution < -0.4 is 20.1 Å². The van der Waals surface area contributed by atoms with Gasteiger partial charge >= 0.3 is 0 Å². The van der Waals surface area contributed by atoms with Gasteiger partial charge in [0.25, 0.3) is 0 Å². The fourth-order valence-electron chi connectivity index (χ4n) is 3.03. The van der Waals surface area contributed by atoms with Crippen LogP contribution in [0.2, 0.25) is 0 Å². The molecule has 0 saturated carbocycles. The molecule has 5 nitrogen and oxygen atoms in total. The Balaban J connectivity index is 1.76. The number of rotatable bonds is 2. The van der Waals surface area contributed by atoms with Gasteiger partial charge in [0.05, 0.1) is 5.54 Å². The molecule has 1 saturated heterocycles. The molecule has 2 aromatic rings. The minimum Gasteiger partial charge on any atom is -0.486 e. The Kier molecular flexibility index (Phi) is 2.72. The SMILES string of the molecule is CCC1(N)CN(c2nccc3cc4c(cc23)OCCO4)C1. The third-order valence-electron chi connectivity index (χ3n) is 4.42. The minimum absolute atomic E-state index is 0.0718. The summed E-state index contributed by atoms with van der Waals surface area (Å²) in [6, 6.07) is 6.07. The first-order valence-electron chi connectivity index (χ1n) is 7.41. The van der Waals surface area contributed by atoms with Crippen molar-refractivity contribution >= 4 is 16.6 Å². The molecular formula is C16H19N3O2. The predicted octanol–water partition coefficient (Wildman–Crippen LogP) is 1.93. The summed E-state index contributed by atoms with van der Waals surface area (Å²) in [5, 5.41) is 2.22. The number of aromatic nitrogens is 1. The lowest BCUT2D eigenvalue weighted by Crippen LogP contribution is -2.67. The van der Waals surface area contributed by atoms with E-state index in [4.69, 9.17) is 15.2 Å². The maximum atomic E-state index is 6.27. The molecule has 21 heavy (non-hydrogen) atoms. The molecule has 0 radical (unpaired) electrons. The Morgan fingerprint density at radius 3 is 2.67 bits per heavy atom. The highest BCUT2D eigenvalue weighted by Gasteiger charge is 2.39. The second kappa shape index (κ2) is 4.49. The number of nitrogens with two attached hydrogens (primary N) is 1. The summed E-state index contributed by atoms with van der Waals surface area (Å²) in [6.45, 7) is 5.04. The highest BCUT2D eigenvalue weighted by Crippen LogP contribution is 2.39. The van der Waals surface area contributed by atoms with E-state index in [9.17, 15) is 0 Å². The summed E-state index contributed by atoms with van der Waals surface area (Å²) in [7, 11) is 0. The van der Waals surface area contributed by atoms with Gasteiger partial charge in [0.1, 0.15) is 19.0 Å². The summed E-state index contributed by atoms with van der Waals surface area (Å²) < 4.78 is 11.3. The molecule has 110 valence electrons. The largest absolute Gasteiger partial charge is 0.486 e. The van der Waals surface area contributed by atoms with Crippen molar-refractivity contribution in [1.29, 1.82) is 0 Å². The number of ether oxygens (including phenoxy) is 2. The maximum absolute atomic E-state index is 6.27. The van der Waals surface area contributed by atoms with Crippen molar-refractivity contribution < 1.29 is 9.47 Å². The summed E-state index contributed by atoms with van der Waals surface area (Å²) >= 11 is 0. The fraction of sp³-hybridized carbons (Fsp3) is 0.438. The molecule has 0 bridgehead atoms. The van der Waals surface area contributed by atoms with E-state index in [1.54, 1.807) is 0 Å². The van der Waals surface area contributed by atoms with Crippen LogP contribution in [0.25, 0.3) is 10.8 Å². The van der Waals surface area contributed by atoms with Crippen molar-refractivity contribution in [3.8, 4) is 11.5 Å². The Labute approximate surface area is 123 Å². The summed E-state index contributed by atoms with van der Waals surface area (Å²) in [4.78, 5) is 6.79. The van der Waals surface area contributed by atoms with E-state index >= 15 is 0 Å². The molecule has 2 N–H and O–H groups in total. The second-order valence-corrected chi connectivity index (χ2v) is 5.92. The van der Waals surface area contributed by atoms with E-state index in [1.165, 1.54) is 0 Å². The molecule has 0 spiro atoms. The predicted molar refractivity (Wildman–Crippen MR) is 82.2 cm³/mol. The third-order valence-corrected chi connectivity index (χ3v) is 4.42. The second-order valence-electron chi connectivity index (χ2n) is 5.92. The number of benzene rings is 1. The molecule has 2 aliphatic heterocycles. The van der Waals surface area contributed by atoms with Crippen LogP contribution in [0.15, 0.2) is 24.4 Å². The summed E-state index contributed by atoms with van der Waals surface area (Å²) in [6.07, 6.45) is 2.83. The molecule has 5 heteroatoms. The summed E-state index contributed by atoms with van der Waals surface area (Å²) in [5.41, 5.74) is 6.20. The van der Waals surface area contributed by atoms with Crippen molar-refractivity contribution in [2.45, 2.75) is 18.9 Å². The standard InChI is InChI=1S/C16H19N3O2/c1-2-16(17)9-19(10-16)15-12-8-14-13(20-5-6-21-14)7-11(12)3-4-18-15/h3-4,7-8H,2,5-6,9-10,17H2,1H3. The maximum Gasteiger partial charge on any atom is 0.162 e. The summed E-state index contributed by atoms with van der Waals surface area (Å²) in [5.74, 6) is 2.60. The average Bonchev–Trinajstić information content (AvgIpc) is 2.49. The van der Waals surface area contributed by atoms with Crippen molar-refractivity contribution in [3.05, 3.63) is 24.4 Å². The van der Waals surface area contributed by atoms with Crippen LogP contribution in [-0.2, 0) is 0 Å². The molecule has 3 heterocycles. The Bertz CT molecular complexity index is 695. The fourth-order valence-corrected chi connectivity index (χ4v) is 3.03. The van der Waals surface area contributed by atoms with Gasteiger partial charge in [-0.2, -0.15) is 0 Å². The van der Waals surface area contributed by atoms with E-state index in [-0.39, 0.29) is 5.54 Å². The topological polar surface area (TPSA) is 60.6 Å². The van der Waals surface area contributed by atoms with Gasteiger partial charge in [0, 0.05) is 24.7 Å². The van der Waals surface area contributed by atoms with Crippen molar-refractivity contribution in [2.75, 3.05) is 31.2 Å². The molecule has 0 unspecified atom stereocenters. The van der Waals surface area contributed by atoms with Crippen LogP contribution in [0.5, 0.6) is 11.5 Å². The number of anilines is 1. The molecule has 1 aromatic heterocycles. The molecule has 2 aliphatic rings. The lowest BCUT2D eigenvalue weighted by Gasteiger charge is -2.48. The number of hydrogen-bond acceptors (Lipinski definition) is 5. The third kappa shape index (κ3) is 2.00. The highest BCUT2D eigenvalue weighted by molar-refractivity contribution is 5.95. The molecule has 0 amide bonds. The minimum atomic E-state index is -0.0718. The number of hydrogen-bond donors (Lipinski definition) is 1. The van der Waals surface area contributed by atoms with Gasteiger partial charge in [-0.3, -0.25) is 0 Å². The van der Waals surface area contributed by atoms with E-state index < -0.39 is 0 Å². The Morgan fingerprint density at radius 1 is 1.24 bits per heavy atom. The Hall–Kier alpha value is -2.01. The zero-order valence-corrected chi connectivity index (χ0v) is 12.1. The van der Waals surface area contributed by atoms with Gasteiger partial charge in [0.2, 0.25) is 0 Å². The van der Waals surface area contributed by atoms with E-state index in [1.807, 2.05) is 24.4 Å². The molecule has 1 aromatic carbocycles. The van der Waals surface area contributed by atoms with Crippen molar-refractivity contribution in [1.82, 2.24) is 4.98 Å².